The third-order valence-electron chi connectivity index (χ3n) is 1.98. The van der Waals surface area contributed by atoms with Crippen LogP contribution in [0.15, 0.2) is 10.2 Å². The fourth-order valence-electron chi connectivity index (χ4n) is 1.20. The van der Waals surface area contributed by atoms with E-state index in [4.69, 9.17) is 5.26 Å². The van der Waals surface area contributed by atoms with E-state index in [1.54, 1.807) is 12.3 Å². The maximum Gasteiger partial charge on any atom is 0.304 e. The first-order valence-corrected chi connectivity index (χ1v) is 6.13. The molecular formula is C9H8N4OS2. The number of hydrogen-bond donors (Lipinski definition) is 2. The topological polar surface area (TPSA) is 81.6 Å². The van der Waals surface area contributed by atoms with E-state index >= 15 is 0 Å². The summed E-state index contributed by atoms with van der Waals surface area (Å²) < 4.78 is 4.09. The Kier molecular flexibility index (Phi) is 3.03. The van der Waals surface area contributed by atoms with Gasteiger partial charge >= 0.3 is 4.87 Å². The van der Waals surface area contributed by atoms with Crippen LogP contribution in [0.4, 0.5) is 5.00 Å². The highest BCUT2D eigenvalue weighted by atomic mass is 32.1. The minimum Gasteiger partial charge on any atom is -0.369 e. The first-order valence-electron chi connectivity index (χ1n) is 4.47. The summed E-state index contributed by atoms with van der Waals surface area (Å²) in [6.07, 6.45) is 0. The lowest BCUT2D eigenvalue weighted by Gasteiger charge is -2.00. The second kappa shape index (κ2) is 4.47. The standard InChI is InChI=1S/C9H8N4OS2/c1-5-7(2-10)8(16-13-5)11-3-6-4-15-9(14)12-6/h4,11H,3H2,1H3,(H,12,14). The zero-order valence-electron chi connectivity index (χ0n) is 8.40. The average molecular weight is 252 g/mol. The third-order valence-corrected chi connectivity index (χ3v) is 3.60. The third kappa shape index (κ3) is 2.13. The van der Waals surface area contributed by atoms with Crippen molar-refractivity contribution in [1.82, 2.24) is 9.36 Å². The van der Waals surface area contributed by atoms with Crippen molar-refractivity contribution in [2.75, 3.05) is 5.32 Å². The number of H-pyrrole nitrogens is 1. The summed E-state index contributed by atoms with van der Waals surface area (Å²) in [6.45, 7) is 2.29. The van der Waals surface area contributed by atoms with E-state index in [-0.39, 0.29) is 4.87 Å². The van der Waals surface area contributed by atoms with Gasteiger partial charge in [-0.05, 0) is 18.5 Å². The van der Waals surface area contributed by atoms with E-state index in [0.717, 1.165) is 27.7 Å². The molecule has 0 saturated carbocycles. The second-order valence-electron chi connectivity index (χ2n) is 3.11. The molecule has 0 bridgehead atoms. The minimum absolute atomic E-state index is 0.0715. The number of aryl methyl sites for hydroxylation is 1. The monoisotopic (exact) mass is 252 g/mol. The van der Waals surface area contributed by atoms with E-state index in [2.05, 4.69) is 20.7 Å². The Morgan fingerprint density at radius 3 is 3.12 bits per heavy atom. The van der Waals surface area contributed by atoms with Crippen LogP contribution in [-0.2, 0) is 6.54 Å². The molecule has 5 nitrogen and oxygen atoms in total. The molecule has 0 aromatic carbocycles. The highest BCUT2D eigenvalue weighted by Crippen LogP contribution is 2.23. The average Bonchev–Trinajstić information content (AvgIpc) is 2.82. The molecule has 0 amide bonds. The van der Waals surface area contributed by atoms with Gasteiger partial charge in [-0.15, -0.1) is 0 Å². The number of nitriles is 1. The number of aromatic nitrogens is 2. The van der Waals surface area contributed by atoms with Crippen LogP contribution in [0.5, 0.6) is 0 Å². The van der Waals surface area contributed by atoms with Crippen LogP contribution in [0.3, 0.4) is 0 Å². The molecule has 0 unspecified atom stereocenters. The van der Waals surface area contributed by atoms with E-state index < -0.39 is 0 Å². The Labute approximate surface area is 99.5 Å². The molecule has 2 aromatic rings. The molecule has 16 heavy (non-hydrogen) atoms. The first kappa shape index (κ1) is 10.9. The van der Waals surface area contributed by atoms with Gasteiger partial charge in [0.1, 0.15) is 16.6 Å². The van der Waals surface area contributed by atoms with Crippen LogP contribution in [0.25, 0.3) is 0 Å². The lowest BCUT2D eigenvalue weighted by Crippen LogP contribution is -2.02. The van der Waals surface area contributed by atoms with Crippen molar-refractivity contribution >= 4 is 27.9 Å². The van der Waals surface area contributed by atoms with E-state index in [9.17, 15) is 4.79 Å². The molecule has 0 fully saturated rings. The molecule has 2 aromatic heterocycles. The van der Waals surface area contributed by atoms with E-state index in [1.807, 2.05) is 0 Å². The predicted octanol–water partition coefficient (Wildman–Crippen LogP) is 1.69. The Morgan fingerprint density at radius 2 is 2.50 bits per heavy atom. The lowest BCUT2D eigenvalue weighted by molar-refractivity contribution is 1.06. The molecule has 7 heteroatoms. The SMILES string of the molecule is Cc1nsc(NCc2csc(=O)[nH]2)c1C#N. The molecule has 0 atom stereocenters. The summed E-state index contributed by atoms with van der Waals surface area (Å²) in [5.74, 6) is 0. The van der Waals surface area contributed by atoms with Crippen LogP contribution in [0.2, 0.25) is 0 Å². The number of nitrogens with zero attached hydrogens (tertiary/aromatic N) is 2. The van der Waals surface area contributed by atoms with Crippen molar-refractivity contribution in [2.45, 2.75) is 13.5 Å². The van der Waals surface area contributed by atoms with Crippen LogP contribution in [0, 0.1) is 18.3 Å². The molecule has 2 rings (SSSR count). The van der Waals surface area contributed by atoms with Gasteiger partial charge in [0.25, 0.3) is 0 Å². The molecule has 0 aliphatic carbocycles. The summed E-state index contributed by atoms with van der Waals surface area (Å²) in [4.78, 5) is 13.5. The van der Waals surface area contributed by atoms with Crippen LogP contribution in [0.1, 0.15) is 17.0 Å². The molecule has 0 aliphatic rings. The maximum absolute atomic E-state index is 10.9. The van der Waals surface area contributed by atoms with Crippen molar-refractivity contribution in [3.05, 3.63) is 32.0 Å². The fraction of sp³-hybridized carbons (Fsp3) is 0.222. The van der Waals surface area contributed by atoms with Crippen LogP contribution in [-0.4, -0.2) is 9.36 Å². The van der Waals surface area contributed by atoms with Crippen molar-refractivity contribution < 1.29 is 0 Å². The molecule has 0 saturated heterocycles. The quantitative estimate of drug-likeness (QED) is 0.870. The number of anilines is 1. The van der Waals surface area contributed by atoms with Gasteiger partial charge in [0, 0.05) is 11.1 Å². The molecule has 0 spiro atoms. The number of aromatic amines is 1. The highest BCUT2D eigenvalue weighted by Gasteiger charge is 2.09. The minimum atomic E-state index is -0.0715. The highest BCUT2D eigenvalue weighted by molar-refractivity contribution is 7.10. The maximum atomic E-state index is 10.9. The smallest absolute Gasteiger partial charge is 0.304 e. The van der Waals surface area contributed by atoms with E-state index in [0.29, 0.717) is 12.1 Å². The lowest BCUT2D eigenvalue weighted by atomic mass is 10.3. The molecular weight excluding hydrogens is 244 g/mol. The summed E-state index contributed by atoms with van der Waals surface area (Å²) in [5, 5.41) is 14.5. The van der Waals surface area contributed by atoms with Gasteiger partial charge in [-0.3, -0.25) is 4.79 Å². The molecule has 2 N–H and O–H groups in total. The summed E-state index contributed by atoms with van der Waals surface area (Å²) in [6, 6.07) is 2.10. The van der Waals surface area contributed by atoms with Crippen LogP contribution < -0.4 is 10.2 Å². The molecule has 0 radical (unpaired) electrons. The normalized spacial score (nSPS) is 10.0. The van der Waals surface area contributed by atoms with Gasteiger partial charge in [-0.1, -0.05) is 11.3 Å². The second-order valence-corrected chi connectivity index (χ2v) is 4.73. The van der Waals surface area contributed by atoms with E-state index in [1.165, 1.54) is 11.5 Å². The molecule has 2 heterocycles. The first-order chi connectivity index (χ1) is 7.70. The Hall–Kier alpha value is -1.65. The van der Waals surface area contributed by atoms with Gasteiger partial charge in [0.05, 0.1) is 12.2 Å². The van der Waals surface area contributed by atoms with Gasteiger partial charge in [0.15, 0.2) is 0 Å². The zero-order chi connectivity index (χ0) is 11.5. The van der Waals surface area contributed by atoms with Crippen molar-refractivity contribution in [3.63, 3.8) is 0 Å². The summed E-state index contributed by atoms with van der Waals surface area (Å²) in [7, 11) is 0. The van der Waals surface area contributed by atoms with Gasteiger partial charge < -0.3 is 10.3 Å². The number of nitrogens with one attached hydrogen (secondary N) is 2. The summed E-state index contributed by atoms with van der Waals surface area (Å²) >= 11 is 2.38. The predicted molar refractivity (Wildman–Crippen MR) is 63.8 cm³/mol. The van der Waals surface area contributed by atoms with Gasteiger partial charge in [0.2, 0.25) is 0 Å². The zero-order valence-corrected chi connectivity index (χ0v) is 10.0. The van der Waals surface area contributed by atoms with Gasteiger partial charge in [-0.2, -0.15) is 9.64 Å². The Balaban J connectivity index is 2.11. The Morgan fingerprint density at radius 1 is 1.69 bits per heavy atom. The van der Waals surface area contributed by atoms with Gasteiger partial charge in [-0.25, -0.2) is 0 Å². The summed E-state index contributed by atoms with van der Waals surface area (Å²) in [5.41, 5.74) is 2.11. The van der Waals surface area contributed by atoms with Crippen LogP contribution >= 0.6 is 22.9 Å². The van der Waals surface area contributed by atoms with Crippen molar-refractivity contribution in [1.29, 1.82) is 5.26 Å². The largest absolute Gasteiger partial charge is 0.369 e. The number of hydrogen-bond acceptors (Lipinski definition) is 6. The number of thiazole rings is 1. The fourth-order valence-corrected chi connectivity index (χ4v) is 2.52. The molecule has 82 valence electrons. The van der Waals surface area contributed by atoms with Crippen molar-refractivity contribution in [3.8, 4) is 6.07 Å². The molecule has 0 aliphatic heterocycles. The van der Waals surface area contributed by atoms with Crippen molar-refractivity contribution in [2.24, 2.45) is 0 Å². The number of rotatable bonds is 3. The Bertz CT molecular complexity index is 589.